The number of pyridine rings is 1. The van der Waals surface area contributed by atoms with Crippen molar-refractivity contribution in [1.82, 2.24) is 4.98 Å². The zero-order valence-corrected chi connectivity index (χ0v) is 11.7. The summed E-state index contributed by atoms with van der Waals surface area (Å²) in [6.07, 6.45) is 1.55. The molecule has 0 saturated heterocycles. The molecule has 2 rings (SSSR count). The predicted octanol–water partition coefficient (Wildman–Crippen LogP) is 1.98. The van der Waals surface area contributed by atoms with Gasteiger partial charge in [-0.25, -0.2) is 4.98 Å². The van der Waals surface area contributed by atoms with E-state index < -0.39 is 11.8 Å². The largest absolute Gasteiger partial charge is 0.497 e. The predicted molar refractivity (Wildman–Crippen MR) is 79.2 cm³/mol. The van der Waals surface area contributed by atoms with E-state index in [1.165, 1.54) is 0 Å². The molecule has 1 aromatic heterocycles. The number of carbonyl (C=O) groups excluding carboxylic acids is 2. The Hall–Kier alpha value is -2.89. The lowest BCUT2D eigenvalue weighted by molar-refractivity contribution is -0.133. The van der Waals surface area contributed by atoms with Crippen LogP contribution < -0.4 is 15.4 Å². The Balaban J connectivity index is 1.99. The van der Waals surface area contributed by atoms with E-state index in [4.69, 9.17) is 4.74 Å². The molecule has 6 nitrogen and oxygen atoms in total. The van der Waals surface area contributed by atoms with Crippen molar-refractivity contribution < 1.29 is 14.3 Å². The minimum atomic E-state index is -0.771. The summed E-state index contributed by atoms with van der Waals surface area (Å²) in [5.41, 5.74) is 1.29. The summed E-state index contributed by atoms with van der Waals surface area (Å²) >= 11 is 0. The summed E-state index contributed by atoms with van der Waals surface area (Å²) in [5.74, 6) is -0.494. The van der Waals surface area contributed by atoms with Crippen molar-refractivity contribution >= 4 is 23.3 Å². The Morgan fingerprint density at radius 1 is 1.05 bits per heavy atom. The standard InChI is InChI=1S/C15H15N3O3/c1-10-4-3-9-16-13(10)18-15(20)14(19)17-11-5-7-12(21-2)8-6-11/h3-9H,1-2H3,(H,17,19)(H,16,18,20). The minimum absolute atomic E-state index is 0.368. The summed E-state index contributed by atoms with van der Waals surface area (Å²) < 4.78 is 5.01. The number of aromatic nitrogens is 1. The SMILES string of the molecule is COc1ccc(NC(=O)C(=O)Nc2ncccc2C)cc1. The zero-order valence-electron chi connectivity index (χ0n) is 11.7. The molecule has 1 aromatic carbocycles. The highest BCUT2D eigenvalue weighted by Gasteiger charge is 2.15. The van der Waals surface area contributed by atoms with Gasteiger partial charge in [0.2, 0.25) is 0 Å². The van der Waals surface area contributed by atoms with Gasteiger partial charge >= 0.3 is 11.8 Å². The second kappa shape index (κ2) is 6.51. The third-order valence-corrected chi connectivity index (χ3v) is 2.80. The molecule has 0 saturated carbocycles. The van der Waals surface area contributed by atoms with Crippen LogP contribution in [0.15, 0.2) is 42.6 Å². The molecule has 0 fully saturated rings. The van der Waals surface area contributed by atoms with Crippen molar-refractivity contribution in [3.63, 3.8) is 0 Å². The number of benzene rings is 1. The fraction of sp³-hybridized carbons (Fsp3) is 0.133. The molecule has 6 heteroatoms. The molecule has 0 aliphatic carbocycles. The Morgan fingerprint density at radius 3 is 2.33 bits per heavy atom. The van der Waals surface area contributed by atoms with Crippen LogP contribution in [0.4, 0.5) is 11.5 Å². The molecule has 2 N–H and O–H groups in total. The second-order valence-electron chi connectivity index (χ2n) is 4.31. The van der Waals surface area contributed by atoms with E-state index in [1.54, 1.807) is 56.6 Å². The molecule has 1 heterocycles. The van der Waals surface area contributed by atoms with Gasteiger partial charge in [-0.15, -0.1) is 0 Å². The van der Waals surface area contributed by atoms with Crippen LogP contribution in [0.1, 0.15) is 5.56 Å². The van der Waals surface area contributed by atoms with Gasteiger partial charge in [-0.1, -0.05) is 6.07 Å². The van der Waals surface area contributed by atoms with E-state index in [0.717, 1.165) is 5.56 Å². The highest BCUT2D eigenvalue weighted by molar-refractivity contribution is 6.43. The van der Waals surface area contributed by atoms with Crippen molar-refractivity contribution in [2.24, 2.45) is 0 Å². The van der Waals surface area contributed by atoms with Crippen LogP contribution in [0.5, 0.6) is 5.75 Å². The third kappa shape index (κ3) is 3.79. The first-order valence-corrected chi connectivity index (χ1v) is 6.28. The molecular formula is C15H15N3O3. The van der Waals surface area contributed by atoms with Crippen LogP contribution in [0.25, 0.3) is 0 Å². The first kappa shape index (κ1) is 14.5. The molecule has 0 bridgehead atoms. The highest BCUT2D eigenvalue weighted by atomic mass is 16.5. The number of ether oxygens (including phenoxy) is 1. The van der Waals surface area contributed by atoms with Gasteiger partial charge < -0.3 is 15.4 Å². The Kier molecular flexibility index (Phi) is 4.50. The van der Waals surface area contributed by atoms with Gasteiger partial charge in [0, 0.05) is 11.9 Å². The van der Waals surface area contributed by atoms with Gasteiger partial charge in [0.1, 0.15) is 11.6 Å². The molecule has 21 heavy (non-hydrogen) atoms. The highest BCUT2D eigenvalue weighted by Crippen LogP contribution is 2.15. The van der Waals surface area contributed by atoms with Crippen molar-refractivity contribution in [2.45, 2.75) is 6.92 Å². The second-order valence-corrected chi connectivity index (χ2v) is 4.31. The van der Waals surface area contributed by atoms with Crippen molar-refractivity contribution in [3.8, 4) is 5.75 Å². The lowest BCUT2D eigenvalue weighted by atomic mass is 10.3. The van der Waals surface area contributed by atoms with E-state index >= 15 is 0 Å². The molecule has 0 aliphatic rings. The monoisotopic (exact) mass is 285 g/mol. The molecular weight excluding hydrogens is 270 g/mol. The number of hydrogen-bond donors (Lipinski definition) is 2. The van der Waals surface area contributed by atoms with Crippen LogP contribution in [0, 0.1) is 6.92 Å². The topological polar surface area (TPSA) is 80.3 Å². The van der Waals surface area contributed by atoms with Gasteiger partial charge in [-0.05, 0) is 42.8 Å². The van der Waals surface area contributed by atoms with E-state index in [9.17, 15) is 9.59 Å². The molecule has 0 aliphatic heterocycles. The first-order valence-electron chi connectivity index (χ1n) is 6.28. The van der Waals surface area contributed by atoms with Crippen LogP contribution >= 0.6 is 0 Å². The molecule has 0 spiro atoms. The number of nitrogens with zero attached hydrogens (tertiary/aromatic N) is 1. The summed E-state index contributed by atoms with van der Waals surface area (Å²) in [7, 11) is 1.55. The smallest absolute Gasteiger partial charge is 0.315 e. The normalized spacial score (nSPS) is 9.81. The fourth-order valence-corrected chi connectivity index (χ4v) is 1.64. The Bertz CT molecular complexity index is 653. The van der Waals surface area contributed by atoms with Crippen LogP contribution in [-0.2, 0) is 9.59 Å². The van der Waals surface area contributed by atoms with Gasteiger partial charge in [0.25, 0.3) is 0 Å². The van der Waals surface area contributed by atoms with Crippen molar-refractivity contribution in [1.29, 1.82) is 0 Å². The summed E-state index contributed by atoms with van der Waals surface area (Å²) in [6.45, 7) is 1.80. The van der Waals surface area contributed by atoms with Gasteiger partial charge in [0.15, 0.2) is 0 Å². The summed E-state index contributed by atoms with van der Waals surface area (Å²) in [5, 5.41) is 4.96. The number of amides is 2. The number of methoxy groups -OCH3 is 1. The van der Waals surface area contributed by atoms with Crippen LogP contribution in [-0.4, -0.2) is 23.9 Å². The zero-order chi connectivity index (χ0) is 15.2. The fourth-order valence-electron chi connectivity index (χ4n) is 1.64. The minimum Gasteiger partial charge on any atom is -0.497 e. The van der Waals surface area contributed by atoms with Crippen molar-refractivity contribution in [2.75, 3.05) is 17.7 Å². The van der Waals surface area contributed by atoms with Crippen LogP contribution in [0.2, 0.25) is 0 Å². The van der Waals surface area contributed by atoms with Gasteiger partial charge in [-0.2, -0.15) is 0 Å². The first-order chi connectivity index (χ1) is 10.1. The van der Waals surface area contributed by atoms with E-state index in [1.807, 2.05) is 0 Å². The lowest BCUT2D eigenvalue weighted by Crippen LogP contribution is -2.29. The molecule has 0 atom stereocenters. The molecule has 2 amide bonds. The van der Waals surface area contributed by atoms with Crippen LogP contribution in [0.3, 0.4) is 0 Å². The Morgan fingerprint density at radius 2 is 1.71 bits per heavy atom. The summed E-state index contributed by atoms with van der Waals surface area (Å²) in [6, 6.07) is 10.2. The van der Waals surface area contributed by atoms with E-state index in [2.05, 4.69) is 15.6 Å². The maximum atomic E-state index is 11.8. The quantitative estimate of drug-likeness (QED) is 0.845. The van der Waals surface area contributed by atoms with E-state index in [-0.39, 0.29) is 0 Å². The number of anilines is 2. The average molecular weight is 285 g/mol. The molecule has 0 unspecified atom stereocenters. The van der Waals surface area contributed by atoms with Gasteiger partial charge in [-0.3, -0.25) is 9.59 Å². The maximum absolute atomic E-state index is 11.8. The number of hydrogen-bond acceptors (Lipinski definition) is 4. The number of nitrogens with one attached hydrogen (secondary N) is 2. The van der Waals surface area contributed by atoms with Crippen molar-refractivity contribution in [3.05, 3.63) is 48.2 Å². The van der Waals surface area contributed by atoms with Gasteiger partial charge in [0.05, 0.1) is 7.11 Å². The maximum Gasteiger partial charge on any atom is 0.315 e. The third-order valence-electron chi connectivity index (χ3n) is 2.80. The number of aryl methyl sites for hydroxylation is 1. The number of rotatable bonds is 3. The van der Waals surface area contributed by atoms with E-state index in [0.29, 0.717) is 17.3 Å². The molecule has 2 aromatic rings. The molecule has 108 valence electrons. The summed E-state index contributed by atoms with van der Waals surface area (Å²) in [4.78, 5) is 27.6. The Labute approximate surface area is 122 Å². The molecule has 0 radical (unpaired) electrons. The lowest BCUT2D eigenvalue weighted by Gasteiger charge is -2.08. The average Bonchev–Trinajstić information content (AvgIpc) is 2.50. The number of carbonyl (C=O) groups is 2.